The van der Waals surface area contributed by atoms with E-state index in [0.29, 0.717) is 45.3 Å². The molecule has 0 bridgehead atoms. The van der Waals surface area contributed by atoms with Crippen LogP contribution in [-0.2, 0) is 19.1 Å². The summed E-state index contributed by atoms with van der Waals surface area (Å²) in [6, 6.07) is -0.703. The number of nitrogens with zero attached hydrogens (tertiary/aromatic N) is 1. The highest BCUT2D eigenvalue weighted by atomic mass is 16.6. The number of hydrogen-bond acceptors (Lipinski definition) is 6. The molecular weight excluding hydrogens is 462 g/mol. The molecule has 4 N–H and O–H groups in total. The normalized spacial score (nSPS) is 19.9. The Morgan fingerprint density at radius 1 is 1.00 bits per heavy atom. The molecule has 0 spiro atoms. The standard InChI is InChI=1S/C26H47N5O5/c1-25(2,3)23(34)29-19-12-16-31(17-19)22(33)20(30-21(32)18-10-14-27-15-11-18)9-7-8-13-28-24(35)36-26(4,5)6/h18-20,27H,7-17H2,1-6H3,(H,28,35)(H,29,34)(H,30,32)/t19-,20+/m0/s1. The molecule has 36 heavy (non-hydrogen) atoms. The lowest BCUT2D eigenvalue weighted by molar-refractivity contribution is -0.137. The van der Waals surface area contributed by atoms with Gasteiger partial charge in [-0.3, -0.25) is 14.4 Å². The van der Waals surface area contributed by atoms with Gasteiger partial charge in [-0.25, -0.2) is 4.79 Å². The molecule has 4 amide bonds. The summed E-state index contributed by atoms with van der Waals surface area (Å²) in [7, 11) is 0. The first-order chi connectivity index (χ1) is 16.8. The number of carbonyl (C=O) groups is 4. The fraction of sp³-hybridized carbons (Fsp3) is 0.846. The van der Waals surface area contributed by atoms with Crippen LogP contribution in [0.1, 0.15) is 80.1 Å². The lowest BCUT2D eigenvalue weighted by Gasteiger charge is -2.28. The van der Waals surface area contributed by atoms with Gasteiger partial charge in [-0.2, -0.15) is 0 Å². The van der Waals surface area contributed by atoms with Crippen molar-refractivity contribution in [2.45, 2.75) is 97.8 Å². The van der Waals surface area contributed by atoms with Crippen molar-refractivity contribution < 1.29 is 23.9 Å². The minimum Gasteiger partial charge on any atom is -0.444 e. The van der Waals surface area contributed by atoms with Crippen molar-refractivity contribution in [2.24, 2.45) is 11.3 Å². The Morgan fingerprint density at radius 3 is 2.28 bits per heavy atom. The van der Waals surface area contributed by atoms with Gasteiger partial charge in [0.05, 0.1) is 0 Å². The van der Waals surface area contributed by atoms with Gasteiger partial charge in [-0.05, 0) is 72.4 Å². The van der Waals surface area contributed by atoms with E-state index in [4.69, 9.17) is 4.74 Å². The highest BCUT2D eigenvalue weighted by Crippen LogP contribution is 2.18. The number of hydrogen-bond donors (Lipinski definition) is 4. The molecule has 0 saturated carbocycles. The zero-order valence-electron chi connectivity index (χ0n) is 23.0. The SMILES string of the molecule is CC(C)(C)OC(=O)NCCCC[C@@H](NC(=O)C1CCNCC1)C(=O)N1CC[C@H](NC(=O)C(C)(C)C)C1. The van der Waals surface area contributed by atoms with Crippen LogP contribution in [-0.4, -0.2) is 79.1 Å². The molecule has 2 atom stereocenters. The fourth-order valence-corrected chi connectivity index (χ4v) is 4.31. The number of alkyl carbamates (subject to hydrolysis) is 1. The van der Waals surface area contributed by atoms with Crippen LogP contribution in [0.4, 0.5) is 4.79 Å². The second kappa shape index (κ2) is 13.3. The minimum absolute atomic E-state index is 0.0324. The quantitative estimate of drug-likeness (QED) is 0.352. The Morgan fingerprint density at radius 2 is 1.67 bits per heavy atom. The second-order valence-electron chi connectivity index (χ2n) is 12.0. The number of unbranched alkanes of at least 4 members (excludes halogenated alkanes) is 1. The maximum absolute atomic E-state index is 13.4. The molecule has 2 rings (SSSR count). The fourth-order valence-electron chi connectivity index (χ4n) is 4.31. The summed E-state index contributed by atoms with van der Waals surface area (Å²) in [6.45, 7) is 14.1. The number of nitrogens with one attached hydrogen (secondary N) is 4. The van der Waals surface area contributed by atoms with Gasteiger partial charge < -0.3 is 30.9 Å². The van der Waals surface area contributed by atoms with Crippen molar-refractivity contribution >= 4 is 23.8 Å². The van der Waals surface area contributed by atoms with Gasteiger partial charge in [0.2, 0.25) is 17.7 Å². The van der Waals surface area contributed by atoms with Crippen molar-refractivity contribution in [3.8, 4) is 0 Å². The molecule has 0 aliphatic carbocycles. The van der Waals surface area contributed by atoms with E-state index in [9.17, 15) is 19.2 Å². The maximum atomic E-state index is 13.4. The number of amides is 4. The third-order valence-electron chi connectivity index (χ3n) is 6.43. The summed E-state index contributed by atoms with van der Waals surface area (Å²) >= 11 is 0. The summed E-state index contributed by atoms with van der Waals surface area (Å²) in [5, 5.41) is 12.1. The average Bonchev–Trinajstić information content (AvgIpc) is 3.24. The molecule has 0 aromatic carbocycles. The first-order valence-corrected chi connectivity index (χ1v) is 13.3. The van der Waals surface area contributed by atoms with Crippen molar-refractivity contribution in [3.63, 3.8) is 0 Å². The Balaban J connectivity index is 1.91. The molecule has 2 aliphatic heterocycles. The molecule has 10 heteroatoms. The molecule has 0 radical (unpaired) electrons. The lowest BCUT2D eigenvalue weighted by atomic mass is 9.95. The summed E-state index contributed by atoms with van der Waals surface area (Å²) in [5.74, 6) is -0.300. The van der Waals surface area contributed by atoms with Crippen LogP contribution in [0.5, 0.6) is 0 Å². The van der Waals surface area contributed by atoms with Gasteiger partial charge in [0.25, 0.3) is 0 Å². The van der Waals surface area contributed by atoms with Gasteiger partial charge in [0.1, 0.15) is 11.6 Å². The highest BCUT2D eigenvalue weighted by Gasteiger charge is 2.34. The largest absolute Gasteiger partial charge is 0.444 e. The van der Waals surface area contributed by atoms with Crippen molar-refractivity contribution in [2.75, 3.05) is 32.7 Å². The smallest absolute Gasteiger partial charge is 0.407 e. The summed E-state index contributed by atoms with van der Waals surface area (Å²) in [5.41, 5.74) is -1.05. The Bertz CT molecular complexity index is 768. The maximum Gasteiger partial charge on any atom is 0.407 e. The zero-order valence-corrected chi connectivity index (χ0v) is 23.0. The third-order valence-corrected chi connectivity index (χ3v) is 6.43. The van der Waals surface area contributed by atoms with Gasteiger partial charge in [-0.1, -0.05) is 20.8 Å². The number of likely N-dealkylation sites (tertiary alicyclic amines) is 1. The van der Waals surface area contributed by atoms with Crippen molar-refractivity contribution in [1.29, 1.82) is 0 Å². The molecule has 2 heterocycles. The minimum atomic E-state index is -0.619. The predicted molar refractivity (Wildman–Crippen MR) is 138 cm³/mol. The van der Waals surface area contributed by atoms with Crippen LogP contribution in [0.2, 0.25) is 0 Å². The van der Waals surface area contributed by atoms with Gasteiger partial charge in [-0.15, -0.1) is 0 Å². The van der Waals surface area contributed by atoms with Gasteiger partial charge in [0, 0.05) is 37.0 Å². The van der Waals surface area contributed by atoms with E-state index in [-0.39, 0.29) is 29.7 Å². The number of rotatable bonds is 9. The first kappa shape index (κ1) is 29.9. The van der Waals surface area contributed by atoms with Crippen molar-refractivity contribution in [1.82, 2.24) is 26.2 Å². The third kappa shape index (κ3) is 10.3. The van der Waals surface area contributed by atoms with Crippen molar-refractivity contribution in [3.05, 3.63) is 0 Å². The van der Waals surface area contributed by atoms with Crippen LogP contribution in [0, 0.1) is 11.3 Å². The van der Waals surface area contributed by atoms with Crippen LogP contribution in [0.15, 0.2) is 0 Å². The summed E-state index contributed by atoms with van der Waals surface area (Å²) < 4.78 is 5.25. The molecule has 0 aromatic rings. The number of carbonyl (C=O) groups excluding carboxylic acids is 4. The molecular formula is C26H47N5O5. The van der Waals surface area contributed by atoms with Gasteiger partial charge in [0.15, 0.2) is 0 Å². The Hall–Kier alpha value is -2.36. The van der Waals surface area contributed by atoms with Crippen LogP contribution < -0.4 is 21.3 Å². The number of piperidine rings is 1. The molecule has 2 saturated heterocycles. The Labute approximate surface area is 216 Å². The first-order valence-electron chi connectivity index (χ1n) is 13.3. The lowest BCUT2D eigenvalue weighted by Crippen LogP contribution is -2.51. The molecule has 0 unspecified atom stereocenters. The van der Waals surface area contributed by atoms with E-state index in [0.717, 1.165) is 25.9 Å². The second-order valence-corrected chi connectivity index (χ2v) is 12.0. The van der Waals surface area contributed by atoms with E-state index < -0.39 is 23.2 Å². The number of ether oxygens (including phenoxy) is 1. The molecule has 206 valence electrons. The van der Waals surface area contributed by atoms with Crippen LogP contribution >= 0.6 is 0 Å². The van der Waals surface area contributed by atoms with E-state index in [1.807, 2.05) is 41.5 Å². The molecule has 0 aromatic heterocycles. The molecule has 2 aliphatic rings. The van der Waals surface area contributed by atoms with E-state index >= 15 is 0 Å². The topological polar surface area (TPSA) is 129 Å². The van der Waals surface area contributed by atoms with Crippen LogP contribution in [0.3, 0.4) is 0 Å². The summed E-state index contributed by atoms with van der Waals surface area (Å²) in [4.78, 5) is 52.3. The van der Waals surface area contributed by atoms with E-state index in [2.05, 4.69) is 21.3 Å². The molecule has 10 nitrogen and oxygen atoms in total. The highest BCUT2D eigenvalue weighted by molar-refractivity contribution is 5.89. The zero-order chi connectivity index (χ0) is 26.9. The Kier molecular flexibility index (Phi) is 11.0. The predicted octanol–water partition coefficient (Wildman–Crippen LogP) is 1.93. The average molecular weight is 510 g/mol. The van der Waals surface area contributed by atoms with E-state index in [1.54, 1.807) is 4.90 Å². The van der Waals surface area contributed by atoms with E-state index in [1.165, 1.54) is 0 Å². The van der Waals surface area contributed by atoms with Crippen LogP contribution in [0.25, 0.3) is 0 Å². The molecule has 2 fully saturated rings. The van der Waals surface area contributed by atoms with Gasteiger partial charge >= 0.3 is 6.09 Å². The monoisotopic (exact) mass is 509 g/mol. The summed E-state index contributed by atoms with van der Waals surface area (Å²) in [6.07, 6.45) is 3.57.